The maximum absolute atomic E-state index is 11.7. The van der Waals surface area contributed by atoms with Crippen molar-refractivity contribution in [3.8, 4) is 0 Å². The zero-order valence-electron chi connectivity index (χ0n) is 9.62. The lowest BCUT2D eigenvalue weighted by atomic mass is 10.1. The molecule has 86 valence electrons. The normalized spacial score (nSPS) is 17.3. The van der Waals surface area contributed by atoms with Crippen molar-refractivity contribution in [3.63, 3.8) is 0 Å². The van der Waals surface area contributed by atoms with E-state index in [1.54, 1.807) is 6.20 Å². The van der Waals surface area contributed by atoms with Crippen LogP contribution in [0.2, 0.25) is 0 Å². The second kappa shape index (κ2) is 4.66. The van der Waals surface area contributed by atoms with Crippen LogP contribution in [0, 0.1) is 0 Å². The summed E-state index contributed by atoms with van der Waals surface area (Å²) in [5, 5.41) is 8.98. The highest BCUT2D eigenvalue weighted by Gasteiger charge is 2.22. The molecule has 0 aromatic heterocycles. The molecule has 15 heavy (non-hydrogen) atoms. The first-order valence-electron chi connectivity index (χ1n) is 5.22. The van der Waals surface area contributed by atoms with Gasteiger partial charge in [-0.3, -0.25) is 4.90 Å². The summed E-state index contributed by atoms with van der Waals surface area (Å²) in [5.74, 6) is 0. The Kier molecular flexibility index (Phi) is 3.74. The minimum atomic E-state index is -0.470. The molecule has 0 atom stereocenters. The first-order valence-corrected chi connectivity index (χ1v) is 5.22. The van der Waals surface area contributed by atoms with Crippen molar-refractivity contribution < 1.29 is 14.6 Å². The monoisotopic (exact) mass is 213 g/mol. The van der Waals surface area contributed by atoms with Crippen molar-refractivity contribution in [1.82, 2.24) is 4.90 Å². The van der Waals surface area contributed by atoms with Crippen LogP contribution in [-0.2, 0) is 4.74 Å². The molecule has 0 saturated heterocycles. The Labute approximate surface area is 90.5 Å². The van der Waals surface area contributed by atoms with Crippen molar-refractivity contribution in [2.45, 2.75) is 39.2 Å². The lowest BCUT2D eigenvalue weighted by molar-refractivity contribution is 0.0322. The number of nitrogens with zero attached hydrogens (tertiary/aromatic N) is 1. The van der Waals surface area contributed by atoms with Crippen molar-refractivity contribution in [1.29, 1.82) is 0 Å². The standard InChI is InChI=1S/C11H19NO3/c1-11(2,3)15-10(14)12-6-4-5-9(7-12)8-13/h7,13H,4-6,8H2,1-3H3. The smallest absolute Gasteiger partial charge is 0.414 e. The number of hydrogen-bond donors (Lipinski definition) is 1. The molecule has 4 nitrogen and oxygen atoms in total. The second-order valence-electron chi connectivity index (χ2n) is 4.72. The van der Waals surface area contributed by atoms with Gasteiger partial charge in [0.05, 0.1) is 6.61 Å². The average molecular weight is 213 g/mol. The third-order valence-corrected chi connectivity index (χ3v) is 2.07. The molecule has 1 rings (SSSR count). The van der Waals surface area contributed by atoms with Crippen molar-refractivity contribution in [2.24, 2.45) is 0 Å². The molecule has 1 N–H and O–H groups in total. The minimum absolute atomic E-state index is 0.0132. The zero-order valence-corrected chi connectivity index (χ0v) is 9.62. The topological polar surface area (TPSA) is 49.8 Å². The van der Waals surface area contributed by atoms with Gasteiger partial charge in [-0.15, -0.1) is 0 Å². The van der Waals surface area contributed by atoms with Gasteiger partial charge in [-0.05, 0) is 39.2 Å². The van der Waals surface area contributed by atoms with Crippen LogP contribution in [-0.4, -0.2) is 34.9 Å². The summed E-state index contributed by atoms with van der Waals surface area (Å²) < 4.78 is 5.23. The molecule has 4 heteroatoms. The molecular weight excluding hydrogens is 194 g/mol. The van der Waals surface area contributed by atoms with E-state index in [4.69, 9.17) is 9.84 Å². The quantitative estimate of drug-likeness (QED) is 0.723. The van der Waals surface area contributed by atoms with Gasteiger partial charge in [-0.25, -0.2) is 4.79 Å². The molecule has 0 aromatic rings. The van der Waals surface area contributed by atoms with Crippen LogP contribution >= 0.6 is 0 Å². The number of aliphatic hydroxyl groups excluding tert-OH is 1. The van der Waals surface area contributed by atoms with Crippen LogP contribution < -0.4 is 0 Å². The Balaban J connectivity index is 2.60. The van der Waals surface area contributed by atoms with E-state index in [0.29, 0.717) is 6.54 Å². The van der Waals surface area contributed by atoms with E-state index >= 15 is 0 Å². The highest BCUT2D eigenvalue weighted by Crippen LogP contribution is 2.17. The van der Waals surface area contributed by atoms with E-state index in [9.17, 15) is 4.79 Å². The van der Waals surface area contributed by atoms with Gasteiger partial charge in [0, 0.05) is 12.7 Å². The van der Waals surface area contributed by atoms with Crippen LogP contribution in [0.15, 0.2) is 11.8 Å². The fourth-order valence-electron chi connectivity index (χ4n) is 1.41. The highest BCUT2D eigenvalue weighted by molar-refractivity contribution is 5.69. The molecule has 0 bridgehead atoms. The summed E-state index contributed by atoms with van der Waals surface area (Å²) in [6, 6.07) is 0. The van der Waals surface area contributed by atoms with Gasteiger partial charge in [0.15, 0.2) is 0 Å². The van der Waals surface area contributed by atoms with E-state index in [0.717, 1.165) is 18.4 Å². The van der Waals surface area contributed by atoms with Gasteiger partial charge in [0.2, 0.25) is 0 Å². The molecule has 1 aliphatic heterocycles. The fraction of sp³-hybridized carbons (Fsp3) is 0.727. The Morgan fingerprint density at radius 2 is 2.27 bits per heavy atom. The Morgan fingerprint density at radius 1 is 1.60 bits per heavy atom. The number of rotatable bonds is 1. The van der Waals surface area contributed by atoms with E-state index in [1.807, 2.05) is 20.8 Å². The van der Waals surface area contributed by atoms with Gasteiger partial charge < -0.3 is 9.84 Å². The highest BCUT2D eigenvalue weighted by atomic mass is 16.6. The summed E-state index contributed by atoms with van der Waals surface area (Å²) in [4.78, 5) is 13.2. The fourth-order valence-corrected chi connectivity index (χ4v) is 1.41. The number of amides is 1. The molecule has 1 aliphatic rings. The Hall–Kier alpha value is -1.03. The number of carbonyl (C=O) groups is 1. The van der Waals surface area contributed by atoms with Gasteiger partial charge in [-0.2, -0.15) is 0 Å². The third-order valence-electron chi connectivity index (χ3n) is 2.07. The van der Waals surface area contributed by atoms with Crippen molar-refractivity contribution in [3.05, 3.63) is 11.8 Å². The molecule has 0 unspecified atom stereocenters. The van der Waals surface area contributed by atoms with E-state index in [1.165, 1.54) is 4.90 Å². The third kappa shape index (κ3) is 3.91. The van der Waals surface area contributed by atoms with Crippen molar-refractivity contribution in [2.75, 3.05) is 13.2 Å². The Bertz CT molecular complexity index is 265. The van der Waals surface area contributed by atoms with Crippen molar-refractivity contribution >= 4 is 6.09 Å². The number of ether oxygens (including phenoxy) is 1. The maximum atomic E-state index is 11.7. The summed E-state index contributed by atoms with van der Waals surface area (Å²) in [6.45, 7) is 6.19. The van der Waals surface area contributed by atoms with E-state index in [-0.39, 0.29) is 12.7 Å². The van der Waals surface area contributed by atoms with Crippen LogP contribution in [0.25, 0.3) is 0 Å². The molecule has 0 aromatic carbocycles. The molecule has 0 fully saturated rings. The lowest BCUT2D eigenvalue weighted by Crippen LogP contribution is -2.36. The molecule has 0 radical (unpaired) electrons. The minimum Gasteiger partial charge on any atom is -0.443 e. The first-order chi connectivity index (χ1) is 6.92. The van der Waals surface area contributed by atoms with Crippen LogP contribution in [0.5, 0.6) is 0 Å². The Morgan fingerprint density at radius 3 is 2.80 bits per heavy atom. The molecule has 1 amide bonds. The van der Waals surface area contributed by atoms with Crippen LogP contribution in [0.4, 0.5) is 4.79 Å². The largest absolute Gasteiger partial charge is 0.443 e. The summed E-state index contributed by atoms with van der Waals surface area (Å²) in [5.41, 5.74) is 0.411. The predicted octanol–water partition coefficient (Wildman–Crippen LogP) is 1.89. The summed E-state index contributed by atoms with van der Waals surface area (Å²) in [6.07, 6.45) is 3.09. The summed E-state index contributed by atoms with van der Waals surface area (Å²) >= 11 is 0. The van der Waals surface area contributed by atoms with Gasteiger partial charge in [0.1, 0.15) is 5.60 Å². The van der Waals surface area contributed by atoms with Gasteiger partial charge >= 0.3 is 6.09 Å². The zero-order chi connectivity index (χ0) is 11.5. The van der Waals surface area contributed by atoms with Gasteiger partial charge in [-0.1, -0.05) is 0 Å². The van der Waals surface area contributed by atoms with Crippen LogP contribution in [0.1, 0.15) is 33.6 Å². The lowest BCUT2D eigenvalue weighted by Gasteiger charge is -2.28. The molecule has 0 aliphatic carbocycles. The predicted molar refractivity (Wildman–Crippen MR) is 57.3 cm³/mol. The first kappa shape index (κ1) is 12.0. The molecule has 0 saturated carbocycles. The van der Waals surface area contributed by atoms with Gasteiger partial charge in [0.25, 0.3) is 0 Å². The number of carbonyl (C=O) groups excluding carboxylic acids is 1. The number of aliphatic hydroxyl groups is 1. The number of hydrogen-bond acceptors (Lipinski definition) is 3. The molecule has 0 spiro atoms. The maximum Gasteiger partial charge on any atom is 0.414 e. The second-order valence-corrected chi connectivity index (χ2v) is 4.72. The van der Waals surface area contributed by atoms with Crippen LogP contribution in [0.3, 0.4) is 0 Å². The SMILES string of the molecule is CC(C)(C)OC(=O)N1C=C(CO)CCC1. The summed E-state index contributed by atoms with van der Waals surface area (Å²) in [7, 11) is 0. The molecule has 1 heterocycles. The molecular formula is C11H19NO3. The van der Waals surface area contributed by atoms with E-state index < -0.39 is 5.60 Å². The average Bonchev–Trinajstić information content (AvgIpc) is 2.15. The van der Waals surface area contributed by atoms with E-state index in [2.05, 4.69) is 0 Å².